The minimum absolute atomic E-state index is 0.357. The van der Waals surface area contributed by atoms with Crippen molar-refractivity contribution in [3.05, 3.63) is 35.6 Å². The lowest BCUT2D eigenvalue weighted by molar-refractivity contribution is 0.166. The van der Waals surface area contributed by atoms with Crippen LogP contribution in [0.2, 0.25) is 0 Å². The molecule has 0 aromatic carbocycles. The van der Waals surface area contributed by atoms with Crippen LogP contribution < -0.4 is 0 Å². The van der Waals surface area contributed by atoms with Crippen molar-refractivity contribution in [2.45, 2.75) is 32.4 Å². The van der Waals surface area contributed by atoms with E-state index in [1.165, 1.54) is 0 Å². The summed E-state index contributed by atoms with van der Waals surface area (Å²) in [6, 6.07) is 1.92. The second kappa shape index (κ2) is 5.23. The fourth-order valence-corrected chi connectivity index (χ4v) is 1.53. The Balaban J connectivity index is 2.62. The summed E-state index contributed by atoms with van der Waals surface area (Å²) in [4.78, 5) is 0. The average Bonchev–Trinajstić information content (AvgIpc) is 2.52. The van der Waals surface area contributed by atoms with Gasteiger partial charge in [0.15, 0.2) is 0 Å². The molecule has 0 radical (unpaired) electrons. The van der Waals surface area contributed by atoms with Gasteiger partial charge in [0.2, 0.25) is 0 Å². The number of allylic oxidation sites excluding steroid dienone is 1. The van der Waals surface area contributed by atoms with E-state index in [9.17, 15) is 5.11 Å². The Morgan fingerprint density at radius 3 is 3.00 bits per heavy atom. The van der Waals surface area contributed by atoms with Crippen molar-refractivity contribution in [1.82, 2.24) is 4.57 Å². The van der Waals surface area contributed by atoms with Gasteiger partial charge in [0.05, 0.1) is 12.6 Å². The highest BCUT2D eigenvalue weighted by Crippen LogP contribution is 2.18. The minimum Gasteiger partial charge on any atom is -0.388 e. The predicted molar refractivity (Wildman–Crippen MR) is 59.3 cm³/mol. The summed E-state index contributed by atoms with van der Waals surface area (Å²) in [7, 11) is 0. The van der Waals surface area contributed by atoms with Crippen LogP contribution in [0.25, 0.3) is 0 Å². The molecule has 1 N–H and O–H groups in total. The van der Waals surface area contributed by atoms with Crippen LogP contribution in [-0.4, -0.2) is 9.67 Å². The lowest BCUT2D eigenvalue weighted by Gasteiger charge is -2.06. The van der Waals surface area contributed by atoms with Gasteiger partial charge in [0.1, 0.15) is 0 Å². The molecule has 14 heavy (non-hydrogen) atoms. The zero-order chi connectivity index (χ0) is 10.6. The molecular formula is C11H16ClNO. The van der Waals surface area contributed by atoms with Crippen LogP contribution in [0.3, 0.4) is 0 Å². The summed E-state index contributed by atoms with van der Waals surface area (Å²) in [5, 5.41) is 10.3. The average molecular weight is 214 g/mol. The smallest absolute Gasteiger partial charge is 0.0804 e. The Labute approximate surface area is 89.8 Å². The van der Waals surface area contributed by atoms with Gasteiger partial charge in [-0.1, -0.05) is 31.5 Å². The number of halogens is 1. The Hall–Kier alpha value is -0.730. The minimum atomic E-state index is -0.357. The van der Waals surface area contributed by atoms with E-state index in [-0.39, 0.29) is 6.10 Å². The van der Waals surface area contributed by atoms with E-state index >= 15 is 0 Å². The molecule has 0 aliphatic carbocycles. The maximum atomic E-state index is 9.70. The van der Waals surface area contributed by atoms with E-state index in [2.05, 4.69) is 13.5 Å². The number of hydrogen-bond acceptors (Lipinski definition) is 1. The molecule has 0 aliphatic rings. The maximum Gasteiger partial charge on any atom is 0.0804 e. The van der Waals surface area contributed by atoms with Crippen LogP contribution in [0.5, 0.6) is 0 Å². The van der Waals surface area contributed by atoms with Crippen molar-refractivity contribution >= 4 is 11.6 Å². The Morgan fingerprint density at radius 1 is 1.71 bits per heavy atom. The van der Waals surface area contributed by atoms with Gasteiger partial charge >= 0.3 is 0 Å². The van der Waals surface area contributed by atoms with Gasteiger partial charge in [-0.05, 0) is 18.1 Å². The van der Waals surface area contributed by atoms with E-state index in [1.807, 2.05) is 23.0 Å². The van der Waals surface area contributed by atoms with Crippen molar-refractivity contribution in [2.75, 3.05) is 0 Å². The van der Waals surface area contributed by atoms with E-state index in [1.54, 1.807) is 0 Å². The largest absolute Gasteiger partial charge is 0.388 e. The summed E-state index contributed by atoms with van der Waals surface area (Å²) >= 11 is 5.68. The zero-order valence-corrected chi connectivity index (χ0v) is 9.17. The molecule has 0 saturated heterocycles. The van der Waals surface area contributed by atoms with Gasteiger partial charge in [-0.3, -0.25) is 0 Å². The molecule has 0 amide bonds. The highest BCUT2D eigenvalue weighted by molar-refractivity contribution is 6.29. The van der Waals surface area contributed by atoms with Crippen LogP contribution >= 0.6 is 11.6 Å². The molecule has 1 unspecified atom stereocenters. The van der Waals surface area contributed by atoms with Gasteiger partial charge < -0.3 is 9.67 Å². The molecule has 0 bridgehead atoms. The molecule has 0 saturated carbocycles. The number of aromatic nitrogens is 1. The first-order valence-electron chi connectivity index (χ1n) is 4.80. The van der Waals surface area contributed by atoms with Gasteiger partial charge in [-0.25, -0.2) is 0 Å². The number of aliphatic hydroxyl groups excluding tert-OH is 1. The molecule has 0 aliphatic heterocycles. The Bertz CT molecular complexity index is 306. The van der Waals surface area contributed by atoms with Gasteiger partial charge in [-0.15, -0.1) is 0 Å². The van der Waals surface area contributed by atoms with Gasteiger partial charge in [0, 0.05) is 17.4 Å². The third kappa shape index (κ3) is 3.20. The molecular weight excluding hydrogens is 198 g/mol. The summed E-state index contributed by atoms with van der Waals surface area (Å²) in [5.74, 6) is 0. The zero-order valence-electron chi connectivity index (χ0n) is 8.41. The Morgan fingerprint density at radius 2 is 2.43 bits per heavy atom. The quantitative estimate of drug-likeness (QED) is 0.799. The third-order valence-corrected chi connectivity index (χ3v) is 2.19. The van der Waals surface area contributed by atoms with Crippen LogP contribution in [0.1, 0.15) is 31.4 Å². The summed E-state index contributed by atoms with van der Waals surface area (Å²) in [5.41, 5.74) is 0.949. The molecule has 1 aromatic heterocycles. The number of nitrogens with zero attached hydrogens (tertiary/aromatic N) is 1. The lowest BCUT2D eigenvalue weighted by Crippen LogP contribution is -1.96. The molecule has 78 valence electrons. The van der Waals surface area contributed by atoms with Crippen LogP contribution in [0.4, 0.5) is 0 Å². The number of hydrogen-bond donors (Lipinski definition) is 1. The fraction of sp³-hybridized carbons (Fsp3) is 0.455. The molecule has 0 fully saturated rings. The van der Waals surface area contributed by atoms with E-state index in [0.717, 1.165) is 18.4 Å². The summed E-state index contributed by atoms with van der Waals surface area (Å²) < 4.78 is 1.92. The normalized spacial score (nSPS) is 12.8. The van der Waals surface area contributed by atoms with Crippen LogP contribution in [0, 0.1) is 0 Å². The summed E-state index contributed by atoms with van der Waals surface area (Å²) in [6.45, 7) is 6.28. The SMILES string of the molecule is C=C(Cl)Cn1ccc(C(O)CCC)c1. The first-order valence-corrected chi connectivity index (χ1v) is 5.18. The molecule has 1 aromatic rings. The van der Waals surface area contributed by atoms with Gasteiger partial charge in [0.25, 0.3) is 0 Å². The highest BCUT2D eigenvalue weighted by Gasteiger charge is 2.07. The highest BCUT2D eigenvalue weighted by atomic mass is 35.5. The lowest BCUT2D eigenvalue weighted by atomic mass is 10.1. The van der Waals surface area contributed by atoms with Crippen molar-refractivity contribution in [2.24, 2.45) is 0 Å². The second-order valence-electron chi connectivity index (χ2n) is 3.44. The van der Waals surface area contributed by atoms with E-state index < -0.39 is 0 Å². The van der Waals surface area contributed by atoms with E-state index in [0.29, 0.717) is 11.6 Å². The Kier molecular flexibility index (Phi) is 4.23. The second-order valence-corrected chi connectivity index (χ2v) is 3.97. The van der Waals surface area contributed by atoms with Crippen molar-refractivity contribution in [1.29, 1.82) is 0 Å². The van der Waals surface area contributed by atoms with Crippen molar-refractivity contribution in [3.8, 4) is 0 Å². The van der Waals surface area contributed by atoms with Crippen molar-refractivity contribution < 1.29 is 5.11 Å². The molecule has 1 atom stereocenters. The maximum absolute atomic E-state index is 9.70. The van der Waals surface area contributed by atoms with E-state index in [4.69, 9.17) is 11.6 Å². The van der Waals surface area contributed by atoms with Gasteiger partial charge in [-0.2, -0.15) is 0 Å². The van der Waals surface area contributed by atoms with Crippen LogP contribution in [-0.2, 0) is 6.54 Å². The predicted octanol–water partition coefficient (Wildman–Crippen LogP) is 3.07. The monoisotopic (exact) mass is 213 g/mol. The number of rotatable bonds is 5. The summed E-state index contributed by atoms with van der Waals surface area (Å²) in [6.07, 6.45) is 5.24. The first-order chi connectivity index (χ1) is 6.63. The molecule has 2 nitrogen and oxygen atoms in total. The topological polar surface area (TPSA) is 25.2 Å². The number of aliphatic hydroxyl groups is 1. The standard InChI is InChI=1S/C11H16ClNO/c1-3-4-11(14)10-5-6-13(8-10)7-9(2)12/h5-6,8,11,14H,2-4,7H2,1H3. The fourth-order valence-electron chi connectivity index (χ4n) is 1.39. The molecule has 3 heteroatoms. The van der Waals surface area contributed by atoms with Crippen LogP contribution in [0.15, 0.2) is 30.1 Å². The molecule has 1 heterocycles. The van der Waals surface area contributed by atoms with Crippen molar-refractivity contribution in [3.63, 3.8) is 0 Å². The molecule has 1 rings (SSSR count). The third-order valence-electron chi connectivity index (χ3n) is 2.07. The first kappa shape index (κ1) is 11.3. The molecule has 0 spiro atoms.